The van der Waals surface area contributed by atoms with Gasteiger partial charge in [0, 0.05) is 6.20 Å². The fraction of sp³-hybridized carbons (Fsp3) is 0.200. The molecule has 0 saturated heterocycles. The summed E-state index contributed by atoms with van der Waals surface area (Å²) in [5, 5.41) is 13.0. The van der Waals surface area contributed by atoms with Crippen molar-refractivity contribution in [3.8, 4) is 5.82 Å². The molecule has 2 aromatic heterocycles. The molecule has 0 saturated carbocycles. The van der Waals surface area contributed by atoms with Gasteiger partial charge in [0.05, 0.1) is 18.5 Å². The maximum Gasteiger partial charge on any atom is 0.161 e. The molecule has 0 unspecified atom stereocenters. The molecule has 78 valence electrons. The predicted octanol–water partition coefficient (Wildman–Crippen LogP) is 1.46. The van der Waals surface area contributed by atoms with Crippen LogP contribution < -0.4 is 0 Å². The summed E-state index contributed by atoms with van der Waals surface area (Å²) in [6, 6.07) is 3.40. The van der Waals surface area contributed by atoms with E-state index in [-0.39, 0.29) is 0 Å². The standard InChI is InChI=1S/C10H10FN3O/c1-7(15)8-2-3-10(12-4-8)14-6-9(11)5-13-14/h2-7,15H,1H3/t7-/m1/s1. The number of hydrogen-bond acceptors (Lipinski definition) is 3. The van der Waals surface area contributed by atoms with Gasteiger partial charge in [0.25, 0.3) is 0 Å². The molecular formula is C10H10FN3O. The van der Waals surface area contributed by atoms with Crippen molar-refractivity contribution in [3.05, 3.63) is 42.1 Å². The minimum absolute atomic E-state index is 0.406. The number of aliphatic hydroxyl groups is 1. The van der Waals surface area contributed by atoms with Gasteiger partial charge in [-0.1, -0.05) is 6.07 Å². The summed E-state index contributed by atoms with van der Waals surface area (Å²) in [6.45, 7) is 1.66. The normalized spacial score (nSPS) is 12.7. The molecule has 0 amide bonds. The van der Waals surface area contributed by atoms with E-state index in [4.69, 9.17) is 0 Å². The van der Waals surface area contributed by atoms with Gasteiger partial charge in [-0.05, 0) is 18.6 Å². The number of aromatic nitrogens is 3. The smallest absolute Gasteiger partial charge is 0.161 e. The van der Waals surface area contributed by atoms with E-state index in [1.807, 2.05) is 0 Å². The molecule has 15 heavy (non-hydrogen) atoms. The van der Waals surface area contributed by atoms with Gasteiger partial charge < -0.3 is 5.11 Å². The highest BCUT2D eigenvalue weighted by Gasteiger charge is 2.04. The van der Waals surface area contributed by atoms with Crippen LogP contribution in [-0.2, 0) is 0 Å². The Morgan fingerprint density at radius 1 is 1.40 bits per heavy atom. The zero-order valence-electron chi connectivity index (χ0n) is 8.13. The van der Waals surface area contributed by atoms with Gasteiger partial charge in [0.1, 0.15) is 0 Å². The molecule has 2 aromatic rings. The molecule has 0 bridgehead atoms. The molecule has 4 nitrogen and oxygen atoms in total. The van der Waals surface area contributed by atoms with Crippen molar-refractivity contribution in [3.63, 3.8) is 0 Å². The second-order valence-electron chi connectivity index (χ2n) is 3.23. The van der Waals surface area contributed by atoms with E-state index in [9.17, 15) is 9.50 Å². The van der Waals surface area contributed by atoms with Crippen LogP contribution in [0.5, 0.6) is 0 Å². The second kappa shape index (κ2) is 3.78. The highest BCUT2D eigenvalue weighted by atomic mass is 19.1. The molecule has 0 fully saturated rings. The molecule has 0 aliphatic rings. The summed E-state index contributed by atoms with van der Waals surface area (Å²) < 4.78 is 14.0. The lowest BCUT2D eigenvalue weighted by Gasteiger charge is -2.04. The van der Waals surface area contributed by atoms with Crippen molar-refractivity contribution in [2.75, 3.05) is 0 Å². The SMILES string of the molecule is C[C@@H](O)c1ccc(-n2cc(F)cn2)nc1. The molecular weight excluding hydrogens is 197 g/mol. The fourth-order valence-corrected chi connectivity index (χ4v) is 1.21. The third-order valence-corrected chi connectivity index (χ3v) is 2.04. The third-order valence-electron chi connectivity index (χ3n) is 2.04. The van der Waals surface area contributed by atoms with Crippen LogP contribution >= 0.6 is 0 Å². The van der Waals surface area contributed by atoms with Crippen LogP contribution in [0.25, 0.3) is 5.82 Å². The summed E-state index contributed by atoms with van der Waals surface area (Å²) in [5.74, 6) is 0.111. The van der Waals surface area contributed by atoms with Crippen LogP contribution in [0.2, 0.25) is 0 Å². The average Bonchev–Trinajstić information content (AvgIpc) is 2.65. The van der Waals surface area contributed by atoms with E-state index in [0.29, 0.717) is 11.4 Å². The molecule has 2 rings (SSSR count). The topological polar surface area (TPSA) is 50.9 Å². The van der Waals surface area contributed by atoms with Crippen molar-refractivity contribution in [2.24, 2.45) is 0 Å². The Balaban J connectivity index is 2.31. The van der Waals surface area contributed by atoms with Crippen LogP contribution in [0.1, 0.15) is 18.6 Å². The minimum atomic E-state index is -0.555. The van der Waals surface area contributed by atoms with E-state index >= 15 is 0 Å². The molecule has 0 aliphatic carbocycles. The average molecular weight is 207 g/mol. The largest absolute Gasteiger partial charge is 0.389 e. The van der Waals surface area contributed by atoms with Gasteiger partial charge in [0.2, 0.25) is 0 Å². The zero-order chi connectivity index (χ0) is 10.8. The highest BCUT2D eigenvalue weighted by Crippen LogP contribution is 2.12. The molecule has 0 radical (unpaired) electrons. The Morgan fingerprint density at radius 2 is 2.20 bits per heavy atom. The Morgan fingerprint density at radius 3 is 2.67 bits per heavy atom. The van der Waals surface area contributed by atoms with Crippen LogP contribution in [0.15, 0.2) is 30.7 Å². The lowest BCUT2D eigenvalue weighted by Crippen LogP contribution is -1.99. The van der Waals surface area contributed by atoms with Crippen molar-refractivity contribution in [2.45, 2.75) is 13.0 Å². The summed E-state index contributed by atoms with van der Waals surface area (Å²) in [6.07, 6.45) is 3.34. The second-order valence-corrected chi connectivity index (χ2v) is 3.23. The van der Waals surface area contributed by atoms with Crippen LogP contribution in [0, 0.1) is 5.82 Å². The maximum atomic E-state index is 12.7. The molecule has 2 heterocycles. The minimum Gasteiger partial charge on any atom is -0.389 e. The van der Waals surface area contributed by atoms with Crippen molar-refractivity contribution in [1.29, 1.82) is 0 Å². The zero-order valence-corrected chi connectivity index (χ0v) is 8.13. The van der Waals surface area contributed by atoms with E-state index in [1.54, 1.807) is 25.3 Å². The van der Waals surface area contributed by atoms with E-state index < -0.39 is 11.9 Å². The molecule has 1 N–H and O–H groups in total. The first kappa shape index (κ1) is 9.79. The number of hydrogen-bond donors (Lipinski definition) is 1. The van der Waals surface area contributed by atoms with Gasteiger partial charge in [-0.25, -0.2) is 14.1 Å². The van der Waals surface area contributed by atoms with E-state index in [1.165, 1.54) is 10.9 Å². The van der Waals surface area contributed by atoms with E-state index in [0.717, 1.165) is 6.20 Å². The summed E-state index contributed by atoms with van der Waals surface area (Å²) in [5.41, 5.74) is 0.714. The molecule has 0 aromatic carbocycles. The first-order chi connectivity index (χ1) is 7.16. The van der Waals surface area contributed by atoms with Crippen molar-refractivity contribution >= 4 is 0 Å². The maximum absolute atomic E-state index is 12.7. The molecule has 1 atom stereocenters. The van der Waals surface area contributed by atoms with Crippen LogP contribution in [0.3, 0.4) is 0 Å². The van der Waals surface area contributed by atoms with Gasteiger partial charge in [-0.3, -0.25) is 0 Å². The predicted molar refractivity (Wildman–Crippen MR) is 52.0 cm³/mol. The Bertz CT molecular complexity index is 450. The number of rotatable bonds is 2. The Hall–Kier alpha value is -1.75. The summed E-state index contributed by atoms with van der Waals surface area (Å²) in [7, 11) is 0. The van der Waals surface area contributed by atoms with Gasteiger partial charge in [-0.2, -0.15) is 5.10 Å². The Labute approximate surface area is 86.0 Å². The van der Waals surface area contributed by atoms with Gasteiger partial charge in [0.15, 0.2) is 11.6 Å². The third kappa shape index (κ3) is 2.02. The lowest BCUT2D eigenvalue weighted by atomic mass is 10.2. The molecule has 0 spiro atoms. The summed E-state index contributed by atoms with van der Waals surface area (Å²) >= 11 is 0. The summed E-state index contributed by atoms with van der Waals surface area (Å²) in [4.78, 5) is 4.06. The highest BCUT2D eigenvalue weighted by molar-refractivity contribution is 5.25. The molecule has 5 heteroatoms. The first-order valence-electron chi connectivity index (χ1n) is 4.51. The number of nitrogens with zero attached hydrogens (tertiary/aromatic N) is 3. The fourth-order valence-electron chi connectivity index (χ4n) is 1.21. The monoisotopic (exact) mass is 207 g/mol. The van der Waals surface area contributed by atoms with Gasteiger partial charge in [-0.15, -0.1) is 0 Å². The number of pyridine rings is 1. The van der Waals surface area contributed by atoms with Crippen LogP contribution in [0.4, 0.5) is 4.39 Å². The lowest BCUT2D eigenvalue weighted by molar-refractivity contribution is 0.199. The Kier molecular flexibility index (Phi) is 2.47. The number of aliphatic hydroxyl groups excluding tert-OH is 1. The van der Waals surface area contributed by atoms with Crippen LogP contribution in [-0.4, -0.2) is 19.9 Å². The number of halogens is 1. The van der Waals surface area contributed by atoms with Crippen molar-refractivity contribution < 1.29 is 9.50 Å². The van der Waals surface area contributed by atoms with E-state index in [2.05, 4.69) is 10.1 Å². The molecule has 0 aliphatic heterocycles. The quantitative estimate of drug-likeness (QED) is 0.811. The van der Waals surface area contributed by atoms with Crippen molar-refractivity contribution in [1.82, 2.24) is 14.8 Å². The van der Waals surface area contributed by atoms with Gasteiger partial charge >= 0.3 is 0 Å². The first-order valence-corrected chi connectivity index (χ1v) is 4.51.